The summed E-state index contributed by atoms with van der Waals surface area (Å²) in [6.07, 6.45) is 1.28. The smallest absolute Gasteiger partial charge is 0.109 e. The topological polar surface area (TPSA) is 3.24 Å². The number of nitrogens with zero attached hydrogens (tertiary/aromatic N) is 1. The molecule has 0 amide bonds. The molecule has 1 heterocycles. The van der Waals surface area contributed by atoms with E-state index in [1.54, 1.807) is 0 Å². The molecule has 0 saturated carbocycles. The van der Waals surface area contributed by atoms with Gasteiger partial charge in [-0.05, 0) is 40.9 Å². The van der Waals surface area contributed by atoms with E-state index in [-0.39, 0.29) is 0 Å². The zero-order valence-electron chi connectivity index (χ0n) is 14.4. The molecule has 1 nitrogen and oxygen atoms in total. The quantitative estimate of drug-likeness (QED) is 0.682. The maximum atomic E-state index is 5.84. The molecule has 1 aromatic carbocycles. The molecule has 2 heteroatoms. The highest BCUT2D eigenvalue weighted by Gasteiger charge is 2.25. The van der Waals surface area contributed by atoms with Gasteiger partial charge in [-0.15, -0.1) is 0 Å². The zero-order valence-corrected chi connectivity index (χ0v) is 15.2. The summed E-state index contributed by atoms with van der Waals surface area (Å²) in [6.45, 7) is 15.9. The van der Waals surface area contributed by atoms with Crippen LogP contribution in [0.4, 0.5) is 0 Å². The first-order valence-corrected chi connectivity index (χ1v) is 8.70. The highest BCUT2D eigenvalue weighted by molar-refractivity contribution is 7.80. The van der Waals surface area contributed by atoms with Crippen molar-refractivity contribution in [2.75, 3.05) is 13.1 Å². The van der Waals surface area contributed by atoms with Crippen LogP contribution in [0.5, 0.6) is 0 Å². The lowest BCUT2D eigenvalue weighted by molar-refractivity contribution is 0.305. The fourth-order valence-corrected chi connectivity index (χ4v) is 3.30. The highest BCUT2D eigenvalue weighted by atomic mass is 32.1. The summed E-state index contributed by atoms with van der Waals surface area (Å²) in [5.41, 5.74) is 5.65. The summed E-state index contributed by atoms with van der Waals surface area (Å²) in [5.74, 6) is 1.58. The molecule has 0 atom stereocenters. The van der Waals surface area contributed by atoms with Crippen molar-refractivity contribution in [2.45, 2.75) is 65.7 Å². The van der Waals surface area contributed by atoms with Gasteiger partial charge in [-0.3, -0.25) is 0 Å². The van der Waals surface area contributed by atoms with Gasteiger partial charge in [-0.25, -0.2) is 0 Å². The average molecular weight is 304 g/mol. The lowest BCUT2D eigenvalue weighted by Gasteiger charge is -2.36. The molecule has 116 valence electrons. The number of rotatable bonds is 4. The molecule has 0 spiro atoms. The van der Waals surface area contributed by atoms with E-state index in [4.69, 9.17) is 12.2 Å². The molecular weight excluding hydrogens is 274 g/mol. The SMILES string of the molecule is CC(C)c1cc(C(C)C)c(C(=S)N2CCC2)c(C(C)C)c1. The van der Waals surface area contributed by atoms with Crippen LogP contribution in [-0.4, -0.2) is 23.0 Å². The van der Waals surface area contributed by atoms with Gasteiger partial charge < -0.3 is 4.90 Å². The van der Waals surface area contributed by atoms with E-state index in [0.717, 1.165) is 18.1 Å². The van der Waals surface area contributed by atoms with Gasteiger partial charge >= 0.3 is 0 Å². The largest absolute Gasteiger partial charge is 0.362 e. The minimum absolute atomic E-state index is 0.510. The van der Waals surface area contributed by atoms with E-state index < -0.39 is 0 Å². The first-order chi connectivity index (χ1) is 9.82. The predicted octanol–water partition coefficient (Wildman–Crippen LogP) is 5.44. The van der Waals surface area contributed by atoms with E-state index >= 15 is 0 Å². The Bertz CT molecular complexity index is 495. The maximum absolute atomic E-state index is 5.84. The summed E-state index contributed by atoms with van der Waals surface area (Å²) in [6, 6.07) is 4.78. The second-order valence-corrected chi connectivity index (χ2v) is 7.57. The van der Waals surface area contributed by atoms with E-state index in [0.29, 0.717) is 17.8 Å². The lowest BCUT2D eigenvalue weighted by Crippen LogP contribution is -2.42. The van der Waals surface area contributed by atoms with Gasteiger partial charge in [-0.2, -0.15) is 0 Å². The number of likely N-dealkylation sites (tertiary alicyclic amines) is 1. The predicted molar refractivity (Wildman–Crippen MR) is 96.6 cm³/mol. The first-order valence-electron chi connectivity index (χ1n) is 8.30. The molecule has 0 N–H and O–H groups in total. The van der Waals surface area contributed by atoms with Gasteiger partial charge in [-0.1, -0.05) is 65.9 Å². The molecule has 1 aliphatic rings. The van der Waals surface area contributed by atoms with E-state index in [1.807, 2.05) is 0 Å². The van der Waals surface area contributed by atoms with E-state index in [1.165, 1.54) is 28.7 Å². The third-order valence-corrected chi connectivity index (χ3v) is 4.95. The lowest BCUT2D eigenvalue weighted by atomic mass is 9.84. The van der Waals surface area contributed by atoms with Crippen LogP contribution in [0.3, 0.4) is 0 Å². The Labute approximate surface area is 135 Å². The Kier molecular flexibility index (Phi) is 5.08. The fourth-order valence-electron chi connectivity index (χ4n) is 2.88. The van der Waals surface area contributed by atoms with Crippen LogP contribution in [0.1, 0.15) is 88.0 Å². The Morgan fingerprint density at radius 2 is 1.38 bits per heavy atom. The van der Waals surface area contributed by atoms with Crippen LogP contribution in [-0.2, 0) is 0 Å². The minimum atomic E-state index is 0.510. The van der Waals surface area contributed by atoms with E-state index in [2.05, 4.69) is 58.6 Å². The summed E-state index contributed by atoms with van der Waals surface area (Å²) < 4.78 is 0. The second-order valence-electron chi connectivity index (χ2n) is 7.18. The third-order valence-electron chi connectivity index (χ3n) is 4.49. The van der Waals surface area contributed by atoms with Crippen molar-refractivity contribution in [3.63, 3.8) is 0 Å². The normalized spacial score (nSPS) is 15.0. The number of thiocarbonyl (C=S) groups is 1. The van der Waals surface area contributed by atoms with Crippen molar-refractivity contribution < 1.29 is 0 Å². The van der Waals surface area contributed by atoms with Gasteiger partial charge in [0, 0.05) is 18.7 Å². The average Bonchev–Trinajstić information content (AvgIpc) is 2.34. The van der Waals surface area contributed by atoms with Crippen molar-refractivity contribution in [1.82, 2.24) is 4.90 Å². The van der Waals surface area contributed by atoms with Gasteiger partial charge in [0.1, 0.15) is 4.99 Å². The van der Waals surface area contributed by atoms with Crippen LogP contribution in [0.2, 0.25) is 0 Å². The molecular formula is C19H29NS. The summed E-state index contributed by atoms with van der Waals surface area (Å²) >= 11 is 5.84. The molecule has 1 saturated heterocycles. The summed E-state index contributed by atoms with van der Waals surface area (Å²) in [7, 11) is 0. The van der Waals surface area contributed by atoms with Crippen molar-refractivity contribution in [3.05, 3.63) is 34.4 Å². The molecule has 0 aromatic heterocycles. The van der Waals surface area contributed by atoms with Crippen LogP contribution in [0.25, 0.3) is 0 Å². The molecule has 21 heavy (non-hydrogen) atoms. The summed E-state index contributed by atoms with van der Waals surface area (Å²) in [4.78, 5) is 3.43. The van der Waals surface area contributed by atoms with Crippen LogP contribution in [0, 0.1) is 0 Å². The van der Waals surface area contributed by atoms with Crippen LogP contribution in [0.15, 0.2) is 12.1 Å². The molecule has 2 rings (SSSR count). The summed E-state index contributed by atoms with van der Waals surface area (Å²) in [5, 5.41) is 0. The molecule has 1 fully saturated rings. The van der Waals surface area contributed by atoms with Crippen LogP contribution < -0.4 is 0 Å². The fraction of sp³-hybridized carbons (Fsp3) is 0.632. The number of benzene rings is 1. The van der Waals surface area contributed by atoms with Crippen molar-refractivity contribution in [3.8, 4) is 0 Å². The Balaban J connectivity index is 2.60. The Hall–Kier alpha value is -0.890. The Morgan fingerprint density at radius 3 is 1.67 bits per heavy atom. The van der Waals surface area contributed by atoms with Gasteiger partial charge in [0.25, 0.3) is 0 Å². The number of hydrogen-bond donors (Lipinski definition) is 0. The standard InChI is InChI=1S/C19H29NS/c1-12(2)15-10-16(13(3)4)18(17(11-15)14(5)6)19(21)20-8-7-9-20/h10-14H,7-9H2,1-6H3. The molecule has 1 aliphatic heterocycles. The van der Waals surface area contributed by atoms with Gasteiger partial charge in [0.2, 0.25) is 0 Å². The van der Waals surface area contributed by atoms with Gasteiger partial charge in [0.15, 0.2) is 0 Å². The van der Waals surface area contributed by atoms with Crippen molar-refractivity contribution in [2.24, 2.45) is 0 Å². The Morgan fingerprint density at radius 1 is 0.905 bits per heavy atom. The van der Waals surface area contributed by atoms with Crippen molar-refractivity contribution >= 4 is 17.2 Å². The van der Waals surface area contributed by atoms with Gasteiger partial charge in [0.05, 0.1) is 0 Å². The van der Waals surface area contributed by atoms with Crippen LogP contribution >= 0.6 is 12.2 Å². The molecule has 0 aliphatic carbocycles. The molecule has 0 unspecified atom stereocenters. The second kappa shape index (κ2) is 6.48. The molecule has 0 radical (unpaired) electrons. The maximum Gasteiger partial charge on any atom is 0.109 e. The zero-order chi connectivity index (χ0) is 15.7. The minimum Gasteiger partial charge on any atom is -0.362 e. The molecule has 1 aromatic rings. The van der Waals surface area contributed by atoms with Crippen molar-refractivity contribution in [1.29, 1.82) is 0 Å². The third kappa shape index (κ3) is 3.31. The highest BCUT2D eigenvalue weighted by Crippen LogP contribution is 2.34. The number of hydrogen-bond acceptors (Lipinski definition) is 1. The van der Waals surface area contributed by atoms with E-state index in [9.17, 15) is 0 Å². The first kappa shape index (κ1) is 16.5. The monoisotopic (exact) mass is 303 g/mol. The molecule has 0 bridgehead atoms.